The monoisotopic (exact) mass is 386 g/mol. The number of nitrogens with zero attached hydrogens (tertiary/aromatic N) is 1. The van der Waals surface area contributed by atoms with Gasteiger partial charge in [-0.15, -0.1) is 0 Å². The quantitative estimate of drug-likeness (QED) is 0.786. The number of nitrogens with one attached hydrogen (secondary N) is 1. The van der Waals surface area contributed by atoms with E-state index >= 15 is 0 Å². The highest BCUT2D eigenvalue weighted by molar-refractivity contribution is 14.1. The SMILES string of the molecule is Cc1cc(C)nc(NC(=O)c2cc(Cl)ccc2I)c1. The van der Waals surface area contributed by atoms with Crippen molar-refractivity contribution in [1.29, 1.82) is 0 Å². The number of aryl methyl sites for hydroxylation is 2. The van der Waals surface area contributed by atoms with Gasteiger partial charge >= 0.3 is 0 Å². The second-order valence-electron chi connectivity index (χ2n) is 4.25. The number of rotatable bonds is 2. The Hall–Kier alpha value is -1.14. The number of aromatic nitrogens is 1. The summed E-state index contributed by atoms with van der Waals surface area (Å²) in [6, 6.07) is 9.02. The maximum absolute atomic E-state index is 12.2. The lowest BCUT2D eigenvalue weighted by atomic mass is 10.2. The van der Waals surface area contributed by atoms with Crippen molar-refractivity contribution in [3.8, 4) is 0 Å². The molecule has 1 N–H and O–H groups in total. The standard InChI is InChI=1S/C14H12ClIN2O/c1-8-5-9(2)17-13(6-8)18-14(19)11-7-10(15)3-4-12(11)16/h3-7H,1-2H3,(H,17,18,19). The van der Waals surface area contributed by atoms with Crippen LogP contribution in [-0.4, -0.2) is 10.9 Å². The lowest BCUT2D eigenvalue weighted by molar-refractivity contribution is 0.102. The summed E-state index contributed by atoms with van der Waals surface area (Å²) >= 11 is 8.02. The first kappa shape index (κ1) is 14.3. The molecule has 2 rings (SSSR count). The molecule has 0 atom stereocenters. The van der Waals surface area contributed by atoms with Gasteiger partial charge in [-0.25, -0.2) is 4.98 Å². The summed E-state index contributed by atoms with van der Waals surface area (Å²) in [5.41, 5.74) is 2.48. The highest BCUT2D eigenvalue weighted by atomic mass is 127. The number of benzene rings is 1. The average Bonchev–Trinajstić information content (AvgIpc) is 2.30. The molecule has 0 aliphatic carbocycles. The van der Waals surface area contributed by atoms with E-state index in [1.54, 1.807) is 12.1 Å². The summed E-state index contributed by atoms with van der Waals surface area (Å²) in [4.78, 5) is 16.5. The number of amides is 1. The van der Waals surface area contributed by atoms with Crippen molar-refractivity contribution in [2.24, 2.45) is 0 Å². The number of anilines is 1. The van der Waals surface area contributed by atoms with Gasteiger partial charge in [0.1, 0.15) is 5.82 Å². The van der Waals surface area contributed by atoms with Crippen molar-refractivity contribution >= 4 is 45.9 Å². The van der Waals surface area contributed by atoms with Crippen LogP contribution in [0.25, 0.3) is 0 Å². The maximum Gasteiger partial charge on any atom is 0.257 e. The van der Waals surface area contributed by atoms with Crippen molar-refractivity contribution < 1.29 is 4.79 Å². The Morgan fingerprint density at radius 2 is 2.00 bits per heavy atom. The van der Waals surface area contributed by atoms with E-state index in [1.165, 1.54) is 0 Å². The van der Waals surface area contributed by atoms with Crippen LogP contribution in [0.15, 0.2) is 30.3 Å². The van der Waals surface area contributed by atoms with Gasteiger partial charge < -0.3 is 5.32 Å². The van der Waals surface area contributed by atoms with Gasteiger partial charge in [-0.2, -0.15) is 0 Å². The number of halogens is 2. The molecule has 1 heterocycles. The van der Waals surface area contributed by atoms with Gasteiger partial charge in [0.05, 0.1) is 5.56 Å². The molecule has 1 amide bonds. The number of carbonyl (C=O) groups is 1. The van der Waals surface area contributed by atoms with Gasteiger partial charge in [0.25, 0.3) is 5.91 Å². The van der Waals surface area contributed by atoms with Crippen LogP contribution >= 0.6 is 34.2 Å². The van der Waals surface area contributed by atoms with Crippen molar-refractivity contribution in [3.05, 3.63) is 55.7 Å². The van der Waals surface area contributed by atoms with Crippen LogP contribution in [0.3, 0.4) is 0 Å². The molecule has 0 aliphatic heterocycles. The Morgan fingerprint density at radius 3 is 2.68 bits per heavy atom. The second-order valence-corrected chi connectivity index (χ2v) is 5.85. The van der Waals surface area contributed by atoms with E-state index in [9.17, 15) is 4.79 Å². The second kappa shape index (κ2) is 5.88. The maximum atomic E-state index is 12.2. The molecule has 1 aromatic carbocycles. The first-order valence-electron chi connectivity index (χ1n) is 5.67. The van der Waals surface area contributed by atoms with Crippen LogP contribution in [0.1, 0.15) is 21.6 Å². The molecule has 1 aromatic heterocycles. The van der Waals surface area contributed by atoms with Crippen molar-refractivity contribution in [3.63, 3.8) is 0 Å². The third-order valence-electron chi connectivity index (χ3n) is 2.51. The van der Waals surface area contributed by atoms with Crippen molar-refractivity contribution in [1.82, 2.24) is 4.98 Å². The summed E-state index contributed by atoms with van der Waals surface area (Å²) < 4.78 is 0.851. The Morgan fingerprint density at radius 1 is 1.26 bits per heavy atom. The first-order valence-corrected chi connectivity index (χ1v) is 7.13. The summed E-state index contributed by atoms with van der Waals surface area (Å²) in [6.07, 6.45) is 0. The van der Waals surface area contributed by atoms with E-state index in [-0.39, 0.29) is 5.91 Å². The molecule has 0 aliphatic rings. The van der Waals surface area contributed by atoms with E-state index < -0.39 is 0 Å². The van der Waals surface area contributed by atoms with Crippen LogP contribution in [0.4, 0.5) is 5.82 Å². The molecule has 0 saturated heterocycles. The molecule has 0 fully saturated rings. The Labute approximate surface area is 130 Å². The topological polar surface area (TPSA) is 42.0 Å². The van der Waals surface area contributed by atoms with Crippen molar-refractivity contribution in [2.45, 2.75) is 13.8 Å². The molecule has 0 saturated carbocycles. The summed E-state index contributed by atoms with van der Waals surface area (Å²) in [7, 11) is 0. The van der Waals surface area contributed by atoms with Gasteiger partial charge in [-0.3, -0.25) is 4.79 Å². The van der Waals surface area contributed by atoms with Gasteiger partial charge in [0.2, 0.25) is 0 Å². The molecule has 0 radical (unpaired) electrons. The summed E-state index contributed by atoms with van der Waals surface area (Å²) in [6.45, 7) is 3.86. The minimum Gasteiger partial charge on any atom is -0.307 e. The molecule has 98 valence electrons. The highest BCUT2D eigenvalue weighted by Crippen LogP contribution is 2.19. The number of pyridine rings is 1. The molecule has 0 unspecified atom stereocenters. The summed E-state index contributed by atoms with van der Waals surface area (Å²) in [5.74, 6) is 0.350. The summed E-state index contributed by atoms with van der Waals surface area (Å²) in [5, 5.41) is 3.34. The molecule has 19 heavy (non-hydrogen) atoms. The number of hydrogen-bond acceptors (Lipinski definition) is 2. The van der Waals surface area contributed by atoms with Crippen LogP contribution in [0.2, 0.25) is 5.02 Å². The van der Waals surface area contributed by atoms with Crippen LogP contribution in [0, 0.1) is 17.4 Å². The van der Waals surface area contributed by atoms with E-state index in [1.807, 2.05) is 32.0 Å². The Balaban J connectivity index is 2.28. The Kier molecular flexibility index (Phi) is 4.42. The predicted molar refractivity (Wildman–Crippen MR) is 85.8 cm³/mol. The minimum atomic E-state index is -0.204. The van der Waals surface area contributed by atoms with E-state index in [2.05, 4.69) is 32.9 Å². The normalized spacial score (nSPS) is 10.3. The zero-order chi connectivity index (χ0) is 14.0. The van der Waals surface area contributed by atoms with Gasteiger partial charge in [0.15, 0.2) is 0 Å². The molecular weight excluding hydrogens is 375 g/mol. The van der Waals surface area contributed by atoms with Crippen LogP contribution < -0.4 is 5.32 Å². The molecule has 5 heteroatoms. The van der Waals surface area contributed by atoms with E-state index in [4.69, 9.17) is 11.6 Å². The van der Waals surface area contributed by atoms with Crippen LogP contribution in [-0.2, 0) is 0 Å². The number of carbonyl (C=O) groups excluding carboxylic acids is 1. The van der Waals surface area contributed by atoms with E-state index in [0.717, 1.165) is 14.8 Å². The van der Waals surface area contributed by atoms with E-state index in [0.29, 0.717) is 16.4 Å². The lowest BCUT2D eigenvalue weighted by Crippen LogP contribution is -2.14. The number of hydrogen-bond donors (Lipinski definition) is 1. The molecule has 3 nitrogen and oxygen atoms in total. The fourth-order valence-corrected chi connectivity index (χ4v) is 2.51. The molecule has 0 spiro atoms. The Bertz CT molecular complexity index is 623. The molecular formula is C14H12ClIN2O. The van der Waals surface area contributed by atoms with Crippen LogP contribution in [0.5, 0.6) is 0 Å². The molecule has 2 aromatic rings. The molecule has 0 bridgehead atoms. The minimum absolute atomic E-state index is 0.204. The smallest absolute Gasteiger partial charge is 0.257 e. The average molecular weight is 387 g/mol. The predicted octanol–water partition coefficient (Wildman–Crippen LogP) is 4.21. The van der Waals surface area contributed by atoms with Gasteiger partial charge in [0, 0.05) is 14.3 Å². The van der Waals surface area contributed by atoms with Gasteiger partial charge in [-0.05, 0) is 72.3 Å². The largest absolute Gasteiger partial charge is 0.307 e. The van der Waals surface area contributed by atoms with Crippen molar-refractivity contribution in [2.75, 3.05) is 5.32 Å². The zero-order valence-electron chi connectivity index (χ0n) is 10.5. The highest BCUT2D eigenvalue weighted by Gasteiger charge is 2.11. The van der Waals surface area contributed by atoms with Gasteiger partial charge in [-0.1, -0.05) is 11.6 Å². The lowest BCUT2D eigenvalue weighted by Gasteiger charge is -2.08. The first-order chi connectivity index (χ1) is 8.95. The third-order valence-corrected chi connectivity index (χ3v) is 3.69. The fourth-order valence-electron chi connectivity index (χ4n) is 1.76. The fraction of sp³-hybridized carbons (Fsp3) is 0.143. The third kappa shape index (κ3) is 3.67. The zero-order valence-corrected chi connectivity index (χ0v) is 13.4.